The van der Waals surface area contributed by atoms with Gasteiger partial charge in [-0.3, -0.25) is 10.1 Å². The molecule has 19 heavy (non-hydrogen) atoms. The lowest BCUT2D eigenvalue weighted by Crippen LogP contribution is -2.26. The van der Waals surface area contributed by atoms with Gasteiger partial charge in [0.15, 0.2) is 0 Å². The lowest BCUT2D eigenvalue weighted by atomic mass is 10.1. The van der Waals surface area contributed by atoms with E-state index in [1.807, 2.05) is 18.7 Å². The number of nitro groups is 1. The van der Waals surface area contributed by atoms with Gasteiger partial charge in [-0.05, 0) is 19.9 Å². The van der Waals surface area contributed by atoms with Gasteiger partial charge in [0, 0.05) is 25.2 Å². The van der Waals surface area contributed by atoms with E-state index in [1.165, 1.54) is 12.1 Å². The molecule has 0 radical (unpaired) electrons. The second-order valence-corrected chi connectivity index (χ2v) is 4.23. The smallest absolute Gasteiger partial charge is 0.338 e. The maximum atomic E-state index is 11.2. The molecular weight excluding hydrogens is 248 g/mol. The molecule has 0 aliphatic heterocycles. The summed E-state index contributed by atoms with van der Waals surface area (Å²) in [5.41, 5.74) is 1.05. The summed E-state index contributed by atoms with van der Waals surface area (Å²) in [6.45, 7) is 8.61. The summed E-state index contributed by atoms with van der Waals surface area (Å²) in [4.78, 5) is 23.1. The van der Waals surface area contributed by atoms with Crippen LogP contribution in [0.1, 0.15) is 24.2 Å². The van der Waals surface area contributed by atoms with Crippen LogP contribution < -0.4 is 4.90 Å². The molecule has 102 valence electrons. The minimum atomic E-state index is -1.18. The van der Waals surface area contributed by atoms with Crippen LogP contribution in [0.3, 0.4) is 0 Å². The zero-order valence-corrected chi connectivity index (χ0v) is 10.9. The zero-order valence-electron chi connectivity index (χ0n) is 10.9. The molecular formula is C13H16N2O4. The summed E-state index contributed by atoms with van der Waals surface area (Å²) in [7, 11) is 0. The van der Waals surface area contributed by atoms with E-state index in [0.29, 0.717) is 18.8 Å². The Bertz CT molecular complexity index is 525. The summed E-state index contributed by atoms with van der Waals surface area (Å²) < 4.78 is 0. The SMILES string of the molecule is C=C(C)CN(CC)c1ccc([N+](=O)[O-])cc1C(=O)O. The first-order valence-corrected chi connectivity index (χ1v) is 5.77. The molecule has 0 heterocycles. The summed E-state index contributed by atoms with van der Waals surface area (Å²) in [6, 6.07) is 3.86. The van der Waals surface area contributed by atoms with Crippen LogP contribution in [0.2, 0.25) is 0 Å². The number of likely N-dealkylation sites (N-methyl/N-ethyl adjacent to an activating group) is 1. The van der Waals surface area contributed by atoms with Crippen LogP contribution in [0.4, 0.5) is 11.4 Å². The number of carboxylic acid groups (broad SMARTS) is 1. The molecule has 0 spiro atoms. The van der Waals surface area contributed by atoms with E-state index >= 15 is 0 Å². The predicted octanol–water partition coefficient (Wildman–Crippen LogP) is 2.70. The van der Waals surface area contributed by atoms with Crippen molar-refractivity contribution in [3.05, 3.63) is 46.0 Å². The van der Waals surface area contributed by atoms with Crippen molar-refractivity contribution in [3.8, 4) is 0 Å². The second kappa shape index (κ2) is 5.99. The van der Waals surface area contributed by atoms with E-state index in [0.717, 1.165) is 11.6 Å². The highest BCUT2D eigenvalue weighted by Crippen LogP contribution is 2.26. The van der Waals surface area contributed by atoms with Crippen molar-refractivity contribution >= 4 is 17.3 Å². The molecule has 0 aliphatic carbocycles. The van der Waals surface area contributed by atoms with Gasteiger partial charge in [0.1, 0.15) is 0 Å². The number of carbonyl (C=O) groups is 1. The normalized spacial score (nSPS) is 10.0. The van der Waals surface area contributed by atoms with E-state index < -0.39 is 10.9 Å². The first-order chi connectivity index (χ1) is 8.86. The van der Waals surface area contributed by atoms with Crippen LogP contribution in [-0.4, -0.2) is 29.1 Å². The summed E-state index contributed by atoms with van der Waals surface area (Å²) in [5.74, 6) is -1.18. The minimum Gasteiger partial charge on any atom is -0.478 e. The average molecular weight is 264 g/mol. The van der Waals surface area contributed by atoms with Gasteiger partial charge < -0.3 is 10.0 Å². The minimum absolute atomic E-state index is 0.0719. The van der Waals surface area contributed by atoms with Crippen molar-refractivity contribution in [1.29, 1.82) is 0 Å². The van der Waals surface area contributed by atoms with Crippen LogP contribution in [0.25, 0.3) is 0 Å². The van der Waals surface area contributed by atoms with E-state index in [-0.39, 0.29) is 11.3 Å². The topological polar surface area (TPSA) is 83.7 Å². The molecule has 1 aromatic carbocycles. The summed E-state index contributed by atoms with van der Waals surface area (Å²) in [5, 5.41) is 19.9. The van der Waals surface area contributed by atoms with E-state index in [2.05, 4.69) is 6.58 Å². The molecule has 6 nitrogen and oxygen atoms in total. The van der Waals surface area contributed by atoms with E-state index in [1.54, 1.807) is 0 Å². The standard InChI is InChI=1S/C13H16N2O4/c1-4-14(8-9(2)3)12-6-5-10(15(18)19)7-11(12)13(16)17/h5-7H,2,4,8H2,1,3H3,(H,16,17). The van der Waals surface area contributed by atoms with Crippen molar-refractivity contribution in [2.45, 2.75) is 13.8 Å². The molecule has 0 bridgehead atoms. The molecule has 0 unspecified atom stereocenters. The monoisotopic (exact) mass is 264 g/mol. The van der Waals surface area contributed by atoms with Crippen LogP contribution >= 0.6 is 0 Å². The van der Waals surface area contributed by atoms with Gasteiger partial charge in [-0.25, -0.2) is 4.79 Å². The third-order valence-corrected chi connectivity index (χ3v) is 2.60. The number of benzene rings is 1. The fourth-order valence-electron chi connectivity index (χ4n) is 1.78. The quantitative estimate of drug-likeness (QED) is 0.485. The molecule has 0 aromatic heterocycles. The molecule has 1 aromatic rings. The zero-order chi connectivity index (χ0) is 14.6. The Labute approximate surface area is 111 Å². The maximum absolute atomic E-state index is 11.2. The number of nitrogens with zero attached hydrogens (tertiary/aromatic N) is 2. The Morgan fingerprint density at radius 3 is 2.58 bits per heavy atom. The number of rotatable bonds is 6. The van der Waals surface area contributed by atoms with Crippen molar-refractivity contribution < 1.29 is 14.8 Å². The molecule has 1 N–H and O–H groups in total. The summed E-state index contributed by atoms with van der Waals surface area (Å²) >= 11 is 0. The van der Waals surface area contributed by atoms with Crippen molar-refractivity contribution in [3.63, 3.8) is 0 Å². The number of non-ortho nitro benzene ring substituents is 1. The predicted molar refractivity (Wildman–Crippen MR) is 72.8 cm³/mol. The first-order valence-electron chi connectivity index (χ1n) is 5.77. The van der Waals surface area contributed by atoms with Crippen molar-refractivity contribution in [1.82, 2.24) is 0 Å². The van der Waals surface area contributed by atoms with Gasteiger partial charge in [-0.15, -0.1) is 0 Å². The van der Waals surface area contributed by atoms with Crippen LogP contribution in [0.15, 0.2) is 30.4 Å². The number of hydrogen-bond donors (Lipinski definition) is 1. The molecule has 0 fully saturated rings. The van der Waals surface area contributed by atoms with Gasteiger partial charge in [-0.1, -0.05) is 12.2 Å². The number of carboxylic acids is 1. The highest BCUT2D eigenvalue weighted by Gasteiger charge is 2.19. The van der Waals surface area contributed by atoms with Crippen LogP contribution in [0.5, 0.6) is 0 Å². The highest BCUT2D eigenvalue weighted by molar-refractivity contribution is 5.95. The lowest BCUT2D eigenvalue weighted by molar-refractivity contribution is -0.384. The van der Waals surface area contributed by atoms with Crippen molar-refractivity contribution in [2.75, 3.05) is 18.0 Å². The highest BCUT2D eigenvalue weighted by atomic mass is 16.6. The summed E-state index contributed by atoms with van der Waals surface area (Å²) in [6.07, 6.45) is 0. The molecule has 0 saturated carbocycles. The Balaban J connectivity index is 3.29. The fraction of sp³-hybridized carbons (Fsp3) is 0.308. The third-order valence-electron chi connectivity index (χ3n) is 2.60. The number of nitro benzene ring substituents is 1. The number of hydrogen-bond acceptors (Lipinski definition) is 4. The first kappa shape index (κ1) is 14.7. The van der Waals surface area contributed by atoms with Gasteiger partial charge in [0.2, 0.25) is 0 Å². The van der Waals surface area contributed by atoms with Crippen LogP contribution in [-0.2, 0) is 0 Å². The molecule has 6 heteroatoms. The molecule has 1 rings (SSSR count). The Morgan fingerprint density at radius 1 is 1.53 bits per heavy atom. The molecule has 0 amide bonds. The number of anilines is 1. The van der Waals surface area contributed by atoms with Gasteiger partial charge in [0.25, 0.3) is 5.69 Å². The Morgan fingerprint density at radius 2 is 2.16 bits per heavy atom. The van der Waals surface area contributed by atoms with Gasteiger partial charge >= 0.3 is 5.97 Å². The molecule has 0 aliphatic rings. The lowest BCUT2D eigenvalue weighted by Gasteiger charge is -2.24. The third kappa shape index (κ3) is 3.54. The second-order valence-electron chi connectivity index (χ2n) is 4.23. The van der Waals surface area contributed by atoms with E-state index in [4.69, 9.17) is 0 Å². The Kier molecular flexibility index (Phi) is 4.63. The molecule has 0 atom stereocenters. The van der Waals surface area contributed by atoms with E-state index in [9.17, 15) is 20.0 Å². The molecule has 0 saturated heterocycles. The van der Waals surface area contributed by atoms with Gasteiger partial charge in [-0.2, -0.15) is 0 Å². The Hall–Kier alpha value is -2.37. The van der Waals surface area contributed by atoms with Crippen molar-refractivity contribution in [2.24, 2.45) is 0 Å². The largest absolute Gasteiger partial charge is 0.478 e. The average Bonchev–Trinajstić information content (AvgIpc) is 2.34. The fourth-order valence-corrected chi connectivity index (χ4v) is 1.78. The van der Waals surface area contributed by atoms with Gasteiger partial charge in [0.05, 0.1) is 16.2 Å². The maximum Gasteiger partial charge on any atom is 0.338 e. The van der Waals surface area contributed by atoms with Crippen LogP contribution in [0, 0.1) is 10.1 Å². The number of aromatic carboxylic acids is 1.